The van der Waals surface area contributed by atoms with Crippen LogP contribution in [0.25, 0.3) is 11.1 Å². The van der Waals surface area contributed by atoms with Gasteiger partial charge in [0.25, 0.3) is 11.5 Å². The zero-order chi connectivity index (χ0) is 20.4. The number of rotatable bonds is 6. The summed E-state index contributed by atoms with van der Waals surface area (Å²) < 4.78 is 17.1. The second kappa shape index (κ2) is 7.73. The van der Waals surface area contributed by atoms with Crippen LogP contribution in [0, 0.1) is 6.92 Å². The molecule has 0 fully saturated rings. The van der Waals surface area contributed by atoms with Crippen LogP contribution in [0.1, 0.15) is 27.8 Å². The Bertz CT molecular complexity index is 1090. The average Bonchev–Trinajstić information content (AvgIpc) is 3.04. The Morgan fingerprint density at radius 1 is 1.36 bits per heavy atom. The monoisotopic (exact) mass is 387 g/mol. The van der Waals surface area contributed by atoms with Crippen LogP contribution in [0.4, 0.5) is 0 Å². The third-order valence-corrected chi connectivity index (χ3v) is 4.43. The Kier molecular flexibility index (Phi) is 5.36. The molecular formula is C19H21N3O6. The number of carbonyl (C=O) groups is 1. The number of fused-ring (bicyclic) bond motifs is 1. The molecule has 1 atom stereocenters. The molecule has 2 aromatic heterocycles. The molecule has 0 saturated carbocycles. The molecule has 9 heteroatoms. The topological polar surface area (TPSA) is 116 Å². The molecule has 0 radical (unpaired) electrons. The number of nitrogens with one attached hydrogen (secondary N) is 1. The van der Waals surface area contributed by atoms with Crippen molar-refractivity contribution in [3.8, 4) is 11.5 Å². The van der Waals surface area contributed by atoms with Crippen LogP contribution in [0.2, 0.25) is 0 Å². The minimum absolute atomic E-state index is 0.0979. The molecule has 0 spiro atoms. The Labute approximate surface area is 160 Å². The summed E-state index contributed by atoms with van der Waals surface area (Å²) in [5.41, 5.74) is 0.282. The lowest BCUT2D eigenvalue weighted by Gasteiger charge is -2.16. The van der Waals surface area contributed by atoms with Crippen molar-refractivity contribution in [1.82, 2.24) is 14.9 Å². The minimum atomic E-state index is -1.05. The first-order valence-electron chi connectivity index (χ1n) is 8.50. The highest BCUT2D eigenvalue weighted by Gasteiger charge is 2.23. The molecule has 1 unspecified atom stereocenters. The molecule has 2 N–H and O–H groups in total. The lowest BCUT2D eigenvalue weighted by molar-refractivity contribution is 0.0914. The fraction of sp³-hybridized carbons (Fsp3) is 0.316. The van der Waals surface area contributed by atoms with Crippen LogP contribution < -0.4 is 20.3 Å². The van der Waals surface area contributed by atoms with Crippen molar-refractivity contribution in [2.24, 2.45) is 7.05 Å². The van der Waals surface area contributed by atoms with Gasteiger partial charge in [-0.25, -0.2) is 4.98 Å². The van der Waals surface area contributed by atoms with Gasteiger partial charge in [0.05, 0.1) is 19.8 Å². The van der Waals surface area contributed by atoms with Crippen LogP contribution in [-0.2, 0) is 7.05 Å². The molecule has 1 aromatic carbocycles. The maximum Gasteiger partial charge on any atom is 0.265 e. The summed E-state index contributed by atoms with van der Waals surface area (Å²) in [4.78, 5) is 29.1. The maximum atomic E-state index is 12.7. The van der Waals surface area contributed by atoms with Crippen LogP contribution in [0.15, 0.2) is 33.7 Å². The number of aromatic nitrogens is 2. The third kappa shape index (κ3) is 3.44. The third-order valence-electron chi connectivity index (χ3n) is 4.43. The van der Waals surface area contributed by atoms with E-state index in [4.69, 9.17) is 13.9 Å². The van der Waals surface area contributed by atoms with E-state index in [0.717, 1.165) is 0 Å². The number of hydrogen-bond acceptors (Lipinski definition) is 7. The summed E-state index contributed by atoms with van der Waals surface area (Å²) >= 11 is 0. The second-order valence-corrected chi connectivity index (χ2v) is 6.21. The summed E-state index contributed by atoms with van der Waals surface area (Å²) in [5, 5.41) is 13.3. The number of benzene rings is 1. The average molecular weight is 387 g/mol. The smallest absolute Gasteiger partial charge is 0.265 e. The summed E-state index contributed by atoms with van der Waals surface area (Å²) in [6.07, 6.45) is 0.280. The summed E-state index contributed by atoms with van der Waals surface area (Å²) in [6.45, 7) is 1.48. The molecule has 0 aliphatic heterocycles. The van der Waals surface area contributed by atoms with E-state index in [-0.39, 0.29) is 34.5 Å². The number of aliphatic hydroxyl groups is 1. The van der Waals surface area contributed by atoms with E-state index in [1.165, 1.54) is 32.2 Å². The standard InChI is InChI=1S/C19H21N3O6/c1-10-15(16-18(28-10)21-9-22(2)19(16)25)17(24)20-8-13(23)12-7-11(26-3)5-6-14(12)27-4/h5-7,9,13,23H,8H2,1-4H3,(H,20,24). The zero-order valence-electron chi connectivity index (χ0n) is 16.0. The van der Waals surface area contributed by atoms with Crippen LogP contribution in [0.5, 0.6) is 11.5 Å². The number of aliphatic hydroxyl groups excluding tert-OH is 1. The molecule has 148 valence electrons. The summed E-state index contributed by atoms with van der Waals surface area (Å²) in [6, 6.07) is 5.01. The largest absolute Gasteiger partial charge is 0.497 e. The summed E-state index contributed by atoms with van der Waals surface area (Å²) in [7, 11) is 4.54. The molecular weight excluding hydrogens is 366 g/mol. The van der Waals surface area contributed by atoms with E-state index in [1.807, 2.05) is 0 Å². The van der Waals surface area contributed by atoms with Gasteiger partial charge in [-0.1, -0.05) is 0 Å². The Morgan fingerprint density at radius 3 is 2.79 bits per heavy atom. The molecule has 0 aliphatic carbocycles. The van der Waals surface area contributed by atoms with Crippen molar-refractivity contribution in [2.45, 2.75) is 13.0 Å². The molecule has 0 aliphatic rings. The number of ether oxygens (including phenoxy) is 2. The number of nitrogens with zero attached hydrogens (tertiary/aromatic N) is 2. The summed E-state index contributed by atoms with van der Waals surface area (Å²) in [5.74, 6) is 0.747. The van der Waals surface area contributed by atoms with Crippen molar-refractivity contribution in [2.75, 3.05) is 20.8 Å². The first kappa shape index (κ1) is 19.4. The minimum Gasteiger partial charge on any atom is -0.497 e. The van der Waals surface area contributed by atoms with E-state index in [9.17, 15) is 14.7 Å². The molecule has 3 rings (SSSR count). The van der Waals surface area contributed by atoms with Crippen molar-refractivity contribution in [1.29, 1.82) is 0 Å². The molecule has 3 aromatic rings. The van der Waals surface area contributed by atoms with E-state index < -0.39 is 12.0 Å². The predicted octanol–water partition coefficient (Wildman–Crippen LogP) is 1.32. The van der Waals surface area contributed by atoms with E-state index in [2.05, 4.69) is 10.3 Å². The lowest BCUT2D eigenvalue weighted by atomic mass is 10.1. The molecule has 0 saturated heterocycles. The van der Waals surface area contributed by atoms with E-state index in [1.54, 1.807) is 25.1 Å². The van der Waals surface area contributed by atoms with Crippen molar-refractivity contribution >= 4 is 17.0 Å². The first-order chi connectivity index (χ1) is 13.4. The van der Waals surface area contributed by atoms with E-state index >= 15 is 0 Å². The van der Waals surface area contributed by atoms with Gasteiger partial charge in [0.15, 0.2) is 0 Å². The Hall–Kier alpha value is -3.33. The molecule has 2 heterocycles. The predicted molar refractivity (Wildman–Crippen MR) is 101 cm³/mol. The van der Waals surface area contributed by atoms with Gasteiger partial charge in [-0.2, -0.15) is 0 Å². The van der Waals surface area contributed by atoms with E-state index in [0.29, 0.717) is 17.1 Å². The number of amides is 1. The van der Waals surface area contributed by atoms with Crippen molar-refractivity contribution in [3.63, 3.8) is 0 Å². The van der Waals surface area contributed by atoms with Gasteiger partial charge in [0.2, 0.25) is 5.71 Å². The number of hydrogen-bond donors (Lipinski definition) is 2. The normalized spacial score (nSPS) is 12.0. The zero-order valence-corrected chi connectivity index (χ0v) is 16.0. The van der Waals surface area contributed by atoms with Gasteiger partial charge in [-0.05, 0) is 25.1 Å². The lowest BCUT2D eigenvalue weighted by Crippen LogP contribution is -2.30. The fourth-order valence-electron chi connectivity index (χ4n) is 2.95. The SMILES string of the molecule is COc1ccc(OC)c(C(O)CNC(=O)c2c(C)oc3ncn(C)c(=O)c23)c1. The highest BCUT2D eigenvalue weighted by molar-refractivity contribution is 6.06. The van der Waals surface area contributed by atoms with Gasteiger partial charge < -0.3 is 28.9 Å². The van der Waals surface area contributed by atoms with Gasteiger partial charge >= 0.3 is 0 Å². The Balaban J connectivity index is 1.85. The van der Waals surface area contributed by atoms with Crippen molar-refractivity contribution in [3.05, 3.63) is 51.8 Å². The molecule has 0 bridgehead atoms. The Morgan fingerprint density at radius 2 is 2.11 bits per heavy atom. The number of furan rings is 1. The number of methoxy groups -OCH3 is 2. The molecule has 9 nitrogen and oxygen atoms in total. The van der Waals surface area contributed by atoms with Crippen molar-refractivity contribution < 1.29 is 23.8 Å². The second-order valence-electron chi connectivity index (χ2n) is 6.21. The van der Waals surface area contributed by atoms with Crippen LogP contribution >= 0.6 is 0 Å². The number of aryl methyl sites for hydroxylation is 2. The highest BCUT2D eigenvalue weighted by Crippen LogP contribution is 2.29. The molecule has 28 heavy (non-hydrogen) atoms. The fourth-order valence-corrected chi connectivity index (χ4v) is 2.95. The quantitative estimate of drug-likeness (QED) is 0.655. The molecule has 1 amide bonds. The maximum absolute atomic E-state index is 12.7. The number of carbonyl (C=O) groups excluding carboxylic acids is 1. The first-order valence-corrected chi connectivity index (χ1v) is 8.50. The van der Waals surface area contributed by atoms with Gasteiger partial charge in [-0.15, -0.1) is 0 Å². The van der Waals surface area contributed by atoms with Crippen LogP contribution in [0.3, 0.4) is 0 Å². The highest BCUT2D eigenvalue weighted by atomic mass is 16.5. The van der Waals surface area contributed by atoms with Gasteiger partial charge in [0, 0.05) is 19.2 Å². The van der Waals surface area contributed by atoms with Crippen LogP contribution in [-0.4, -0.2) is 41.3 Å². The van der Waals surface area contributed by atoms with Gasteiger partial charge in [-0.3, -0.25) is 9.59 Å². The van der Waals surface area contributed by atoms with Gasteiger partial charge in [0.1, 0.15) is 35.1 Å².